The average Bonchev–Trinajstić information content (AvgIpc) is 2.79. The zero-order valence-corrected chi connectivity index (χ0v) is 11.4. The summed E-state index contributed by atoms with van der Waals surface area (Å²) in [6.07, 6.45) is 9.90. The van der Waals surface area contributed by atoms with E-state index in [1.165, 1.54) is 10.1 Å². The normalized spacial score (nSPS) is 21.4. The summed E-state index contributed by atoms with van der Waals surface area (Å²) in [6.45, 7) is 0.571. The topological polar surface area (TPSA) is 50.3 Å². The number of carbonyl (C=O) groups is 2. The smallest absolute Gasteiger partial charge is 0.229 e. The maximum Gasteiger partial charge on any atom is 0.229 e. The van der Waals surface area contributed by atoms with Crippen LogP contribution in [0.1, 0.15) is 32.1 Å². The Morgan fingerprint density at radius 3 is 2.85 bits per heavy atom. The number of imide groups is 1. The van der Waals surface area contributed by atoms with Crippen LogP contribution in [-0.2, 0) is 9.59 Å². The van der Waals surface area contributed by atoms with Crippen LogP contribution in [0.25, 0.3) is 12.2 Å². The summed E-state index contributed by atoms with van der Waals surface area (Å²) in [6, 6.07) is 4.03. The summed E-state index contributed by atoms with van der Waals surface area (Å²) in [7, 11) is 0. The first-order chi connectivity index (χ1) is 9.74. The van der Waals surface area contributed by atoms with Gasteiger partial charge in [-0.25, -0.2) is 0 Å². The fourth-order valence-electron chi connectivity index (χ4n) is 2.91. The van der Waals surface area contributed by atoms with Crippen molar-refractivity contribution in [3.8, 4) is 0 Å². The fraction of sp³-hybridized carbons (Fsp3) is 0.438. The van der Waals surface area contributed by atoms with Crippen molar-refractivity contribution in [3.63, 3.8) is 0 Å². The van der Waals surface area contributed by atoms with Gasteiger partial charge in [-0.1, -0.05) is 18.2 Å². The molecule has 0 radical (unpaired) electrons. The van der Waals surface area contributed by atoms with Crippen molar-refractivity contribution in [3.05, 3.63) is 28.9 Å². The molecule has 1 atom stereocenters. The third-order valence-corrected chi connectivity index (χ3v) is 4.01. The molecule has 0 aromatic carbocycles. The molecule has 1 unspecified atom stereocenters. The molecule has 2 amide bonds. The predicted molar refractivity (Wildman–Crippen MR) is 75.7 cm³/mol. The Hall–Kier alpha value is -1.97. The highest BCUT2D eigenvalue weighted by atomic mass is 16.2. The largest absolute Gasteiger partial charge is 0.283 e. The molecule has 20 heavy (non-hydrogen) atoms. The quantitative estimate of drug-likeness (QED) is 0.753. The lowest BCUT2D eigenvalue weighted by atomic mass is 9.94. The molecule has 2 aliphatic rings. The van der Waals surface area contributed by atoms with E-state index in [4.69, 9.17) is 0 Å². The number of pyridine rings is 1. The summed E-state index contributed by atoms with van der Waals surface area (Å²) in [5.74, 6) is 0.465. The van der Waals surface area contributed by atoms with E-state index in [1.807, 2.05) is 12.3 Å². The Morgan fingerprint density at radius 2 is 2.05 bits per heavy atom. The number of rotatable bonds is 4. The highest BCUT2D eigenvalue weighted by Crippen LogP contribution is 2.18. The minimum Gasteiger partial charge on any atom is -0.283 e. The second-order valence-corrected chi connectivity index (χ2v) is 5.43. The van der Waals surface area contributed by atoms with Gasteiger partial charge in [-0.2, -0.15) is 0 Å². The third kappa shape index (κ3) is 2.64. The number of fused-ring (bicyclic) bond motifs is 1. The van der Waals surface area contributed by atoms with Gasteiger partial charge in [0, 0.05) is 25.6 Å². The van der Waals surface area contributed by atoms with Gasteiger partial charge in [0.05, 0.1) is 5.35 Å². The van der Waals surface area contributed by atoms with E-state index in [2.05, 4.69) is 23.2 Å². The van der Waals surface area contributed by atoms with Gasteiger partial charge < -0.3 is 0 Å². The van der Waals surface area contributed by atoms with Crippen molar-refractivity contribution in [2.45, 2.75) is 32.1 Å². The van der Waals surface area contributed by atoms with Gasteiger partial charge in [0.1, 0.15) is 0 Å². The van der Waals surface area contributed by atoms with Crippen molar-refractivity contribution in [2.24, 2.45) is 5.92 Å². The maximum atomic E-state index is 11.5. The van der Waals surface area contributed by atoms with Crippen LogP contribution in [0, 0.1) is 5.92 Å². The first kappa shape index (κ1) is 13.0. The van der Waals surface area contributed by atoms with Gasteiger partial charge in [0.2, 0.25) is 11.8 Å². The number of nitrogens with zero attached hydrogens (tertiary/aromatic N) is 2. The highest BCUT2D eigenvalue weighted by molar-refractivity contribution is 6.01. The molecular formula is C16H18N2O2. The van der Waals surface area contributed by atoms with E-state index in [0.717, 1.165) is 24.6 Å². The molecule has 0 N–H and O–H groups in total. The first-order valence-electron chi connectivity index (χ1n) is 7.20. The highest BCUT2D eigenvalue weighted by Gasteiger charge is 2.28. The molecule has 4 nitrogen and oxygen atoms in total. The Kier molecular flexibility index (Phi) is 3.63. The monoisotopic (exact) mass is 270 g/mol. The van der Waals surface area contributed by atoms with Gasteiger partial charge in [-0.3, -0.25) is 19.5 Å². The first-order valence-corrected chi connectivity index (χ1v) is 7.20. The molecule has 1 aliphatic heterocycles. The summed E-state index contributed by atoms with van der Waals surface area (Å²) in [4.78, 5) is 28.8. The Morgan fingerprint density at radius 1 is 1.25 bits per heavy atom. The number of likely N-dealkylation sites (tertiary alicyclic amines) is 1. The van der Waals surface area contributed by atoms with E-state index in [1.54, 1.807) is 0 Å². The molecule has 3 rings (SSSR count). The Bertz CT molecular complexity index is 635. The van der Waals surface area contributed by atoms with E-state index in [9.17, 15) is 9.59 Å². The summed E-state index contributed by atoms with van der Waals surface area (Å²) in [5, 5.41) is 2.26. The number of amides is 2. The third-order valence-electron chi connectivity index (χ3n) is 4.01. The molecule has 4 heteroatoms. The summed E-state index contributed by atoms with van der Waals surface area (Å²) in [5.41, 5.74) is 0. The molecule has 1 fully saturated rings. The van der Waals surface area contributed by atoms with Gasteiger partial charge in [-0.15, -0.1) is 0 Å². The van der Waals surface area contributed by atoms with Crippen LogP contribution in [0.5, 0.6) is 0 Å². The van der Waals surface area contributed by atoms with E-state index < -0.39 is 0 Å². The molecule has 1 saturated heterocycles. The molecule has 1 aromatic heterocycles. The Labute approximate surface area is 117 Å². The van der Waals surface area contributed by atoms with Gasteiger partial charge in [0.15, 0.2) is 0 Å². The van der Waals surface area contributed by atoms with Crippen LogP contribution in [0.3, 0.4) is 0 Å². The second kappa shape index (κ2) is 5.57. The minimum atomic E-state index is -0.0104. The Balaban J connectivity index is 1.57. The number of carbonyl (C=O) groups excluding carboxylic acids is 2. The number of hydrogen-bond donors (Lipinski definition) is 0. The van der Waals surface area contributed by atoms with Crippen LogP contribution < -0.4 is 10.6 Å². The zero-order chi connectivity index (χ0) is 13.9. The molecular weight excluding hydrogens is 252 g/mol. The van der Waals surface area contributed by atoms with Crippen LogP contribution in [0.15, 0.2) is 18.3 Å². The van der Waals surface area contributed by atoms with Gasteiger partial charge in [-0.05, 0) is 36.5 Å². The van der Waals surface area contributed by atoms with Gasteiger partial charge >= 0.3 is 0 Å². The summed E-state index contributed by atoms with van der Waals surface area (Å²) < 4.78 is 0. The SMILES string of the molecule is O=C1CCC(=O)N1CCCC1C=c2cccnc2=CC1. The fourth-order valence-corrected chi connectivity index (χ4v) is 2.91. The van der Waals surface area contributed by atoms with Crippen LogP contribution in [0.2, 0.25) is 0 Å². The lowest BCUT2D eigenvalue weighted by molar-refractivity contribution is -0.138. The number of hydrogen-bond acceptors (Lipinski definition) is 3. The molecule has 104 valence electrons. The van der Waals surface area contributed by atoms with Crippen molar-refractivity contribution in [1.29, 1.82) is 0 Å². The summed E-state index contributed by atoms with van der Waals surface area (Å²) >= 11 is 0. The van der Waals surface area contributed by atoms with E-state index in [0.29, 0.717) is 25.3 Å². The molecule has 0 bridgehead atoms. The zero-order valence-electron chi connectivity index (χ0n) is 11.4. The lowest BCUT2D eigenvalue weighted by Crippen LogP contribution is -2.32. The van der Waals surface area contributed by atoms with Gasteiger partial charge in [0.25, 0.3) is 0 Å². The van der Waals surface area contributed by atoms with Crippen LogP contribution >= 0.6 is 0 Å². The molecule has 2 heterocycles. The number of aromatic nitrogens is 1. The van der Waals surface area contributed by atoms with Crippen LogP contribution in [0.4, 0.5) is 0 Å². The molecule has 0 spiro atoms. The van der Waals surface area contributed by atoms with Crippen molar-refractivity contribution in [1.82, 2.24) is 9.88 Å². The van der Waals surface area contributed by atoms with E-state index >= 15 is 0 Å². The van der Waals surface area contributed by atoms with Crippen molar-refractivity contribution < 1.29 is 9.59 Å². The van der Waals surface area contributed by atoms with E-state index in [-0.39, 0.29) is 11.8 Å². The molecule has 0 saturated carbocycles. The lowest BCUT2D eigenvalue weighted by Gasteiger charge is -2.17. The minimum absolute atomic E-state index is 0.0104. The van der Waals surface area contributed by atoms with Crippen LogP contribution in [-0.4, -0.2) is 28.2 Å². The second-order valence-electron chi connectivity index (χ2n) is 5.43. The maximum absolute atomic E-state index is 11.5. The molecule has 1 aliphatic carbocycles. The van der Waals surface area contributed by atoms with Crippen molar-refractivity contribution in [2.75, 3.05) is 6.54 Å². The average molecular weight is 270 g/mol. The molecule has 1 aromatic rings. The van der Waals surface area contributed by atoms with Crippen molar-refractivity contribution >= 4 is 24.0 Å². The standard InChI is InChI=1S/C16H18N2O2/c19-15-7-8-16(20)18(15)10-2-3-12-5-6-14-13(11-12)4-1-9-17-14/h1,4,6,9,11-12H,2-3,5,7-8,10H2. The predicted octanol–water partition coefficient (Wildman–Crippen LogP) is 0.592.